The zero-order valence-electron chi connectivity index (χ0n) is 9.30. The van der Waals surface area contributed by atoms with Gasteiger partial charge in [-0.05, 0) is 18.2 Å². The third-order valence-corrected chi connectivity index (χ3v) is 2.13. The van der Waals surface area contributed by atoms with Gasteiger partial charge in [0.1, 0.15) is 13.2 Å². The highest BCUT2D eigenvalue weighted by Crippen LogP contribution is 2.11. The Labute approximate surface area is 107 Å². The van der Waals surface area contributed by atoms with E-state index in [0.717, 1.165) is 6.54 Å². The molecule has 0 aliphatic carbocycles. The summed E-state index contributed by atoms with van der Waals surface area (Å²) in [6.45, 7) is 1.22. The third-order valence-electron chi connectivity index (χ3n) is 1.90. The largest absolute Gasteiger partial charge is 1.00 e. The van der Waals surface area contributed by atoms with Gasteiger partial charge in [-0.3, -0.25) is 0 Å². The monoisotopic (exact) mass is 263 g/mol. The van der Waals surface area contributed by atoms with Crippen molar-refractivity contribution in [1.82, 2.24) is 0 Å². The van der Waals surface area contributed by atoms with Crippen LogP contribution in [0.4, 0.5) is 0 Å². The third kappa shape index (κ3) is 5.35. The SMILES string of the molecule is C[NH+](C)CCOC(=O)c1cccc(Cl)c1.[Cl-]. The van der Waals surface area contributed by atoms with Crippen LogP contribution in [0.5, 0.6) is 0 Å². The van der Waals surface area contributed by atoms with Crippen molar-refractivity contribution in [1.29, 1.82) is 0 Å². The lowest BCUT2D eigenvalue weighted by molar-refractivity contribution is -0.858. The minimum atomic E-state index is -0.321. The van der Waals surface area contributed by atoms with Crippen LogP contribution in [0.15, 0.2) is 24.3 Å². The zero-order valence-corrected chi connectivity index (χ0v) is 10.8. The fraction of sp³-hybridized carbons (Fsp3) is 0.364. The summed E-state index contributed by atoms with van der Waals surface area (Å²) < 4.78 is 5.08. The summed E-state index contributed by atoms with van der Waals surface area (Å²) in [5.74, 6) is -0.321. The van der Waals surface area contributed by atoms with E-state index in [9.17, 15) is 4.79 Å². The Hall–Kier alpha value is -0.770. The molecular formula is C11H15Cl2NO2. The number of carbonyl (C=O) groups excluding carboxylic acids is 1. The zero-order chi connectivity index (χ0) is 11.3. The lowest BCUT2D eigenvalue weighted by Crippen LogP contribution is -3.06. The highest BCUT2D eigenvalue weighted by atomic mass is 35.5. The standard InChI is InChI=1S/C11H14ClNO2.ClH/c1-13(2)6-7-15-11(14)9-4-3-5-10(12)8-9;/h3-5,8H,6-7H2,1-2H3;1H. The van der Waals surface area contributed by atoms with Crippen LogP contribution in [0.3, 0.4) is 0 Å². The van der Waals surface area contributed by atoms with Crippen LogP contribution in [-0.4, -0.2) is 33.2 Å². The number of benzene rings is 1. The second-order valence-corrected chi connectivity index (χ2v) is 4.04. The van der Waals surface area contributed by atoms with Gasteiger partial charge in [0.25, 0.3) is 0 Å². The van der Waals surface area contributed by atoms with E-state index in [1.54, 1.807) is 24.3 Å². The molecule has 0 saturated heterocycles. The summed E-state index contributed by atoms with van der Waals surface area (Å²) in [5, 5.41) is 0.544. The van der Waals surface area contributed by atoms with Crippen molar-refractivity contribution in [3.63, 3.8) is 0 Å². The molecule has 0 radical (unpaired) electrons. The summed E-state index contributed by atoms with van der Waals surface area (Å²) in [4.78, 5) is 12.7. The number of carbonyl (C=O) groups is 1. The van der Waals surface area contributed by atoms with Gasteiger partial charge in [0.05, 0.1) is 19.7 Å². The fourth-order valence-corrected chi connectivity index (χ4v) is 1.24. The van der Waals surface area contributed by atoms with Crippen LogP contribution >= 0.6 is 11.6 Å². The number of esters is 1. The molecular weight excluding hydrogens is 249 g/mol. The van der Waals surface area contributed by atoms with Gasteiger partial charge in [-0.25, -0.2) is 4.79 Å². The van der Waals surface area contributed by atoms with Crippen LogP contribution in [0, 0.1) is 0 Å². The molecule has 90 valence electrons. The number of quaternary nitrogens is 1. The van der Waals surface area contributed by atoms with Gasteiger partial charge in [0, 0.05) is 5.02 Å². The molecule has 3 nitrogen and oxygen atoms in total. The van der Waals surface area contributed by atoms with Gasteiger partial charge in [-0.2, -0.15) is 0 Å². The molecule has 0 atom stereocenters. The Morgan fingerprint density at radius 2 is 2.12 bits per heavy atom. The van der Waals surface area contributed by atoms with Gasteiger partial charge in [-0.15, -0.1) is 0 Å². The second kappa shape index (κ2) is 7.49. The van der Waals surface area contributed by atoms with E-state index >= 15 is 0 Å². The molecule has 0 spiro atoms. The molecule has 5 heteroatoms. The van der Waals surface area contributed by atoms with Crippen molar-refractivity contribution in [2.45, 2.75) is 0 Å². The van der Waals surface area contributed by atoms with Crippen molar-refractivity contribution in [2.24, 2.45) is 0 Å². The van der Waals surface area contributed by atoms with Crippen LogP contribution in [0.1, 0.15) is 10.4 Å². The lowest BCUT2D eigenvalue weighted by atomic mass is 10.2. The Bertz CT molecular complexity index is 343. The van der Waals surface area contributed by atoms with E-state index in [-0.39, 0.29) is 18.4 Å². The first-order chi connectivity index (χ1) is 7.09. The van der Waals surface area contributed by atoms with Crippen molar-refractivity contribution in [3.8, 4) is 0 Å². The summed E-state index contributed by atoms with van der Waals surface area (Å²) >= 11 is 5.76. The molecule has 0 bridgehead atoms. The van der Waals surface area contributed by atoms with Crippen molar-refractivity contribution in [2.75, 3.05) is 27.2 Å². The predicted octanol–water partition coefficient (Wildman–Crippen LogP) is -2.35. The van der Waals surface area contributed by atoms with Gasteiger partial charge >= 0.3 is 5.97 Å². The maximum Gasteiger partial charge on any atom is 0.338 e. The Morgan fingerprint density at radius 1 is 1.44 bits per heavy atom. The Balaban J connectivity index is 0.00000225. The molecule has 1 N–H and O–H groups in total. The summed E-state index contributed by atoms with van der Waals surface area (Å²) in [7, 11) is 4.01. The van der Waals surface area contributed by atoms with E-state index in [4.69, 9.17) is 16.3 Å². The first-order valence-electron chi connectivity index (χ1n) is 4.81. The minimum Gasteiger partial charge on any atom is -1.00 e. The molecule has 1 aromatic rings. The number of hydrogen-bond donors (Lipinski definition) is 1. The molecule has 1 aromatic carbocycles. The molecule has 0 saturated carbocycles. The molecule has 0 aliphatic rings. The molecule has 16 heavy (non-hydrogen) atoms. The first kappa shape index (κ1) is 15.2. The van der Waals surface area contributed by atoms with E-state index in [1.807, 2.05) is 14.1 Å². The number of ether oxygens (including phenoxy) is 1. The highest BCUT2D eigenvalue weighted by molar-refractivity contribution is 6.30. The molecule has 0 unspecified atom stereocenters. The average Bonchev–Trinajstić information content (AvgIpc) is 2.17. The van der Waals surface area contributed by atoms with Crippen molar-refractivity contribution >= 4 is 17.6 Å². The number of halogens is 2. The molecule has 0 aromatic heterocycles. The minimum absolute atomic E-state index is 0. The predicted molar refractivity (Wildman–Crippen MR) is 59.4 cm³/mol. The summed E-state index contributed by atoms with van der Waals surface area (Å²) in [5.41, 5.74) is 0.497. The summed E-state index contributed by atoms with van der Waals surface area (Å²) in [6.07, 6.45) is 0. The molecule has 0 amide bonds. The van der Waals surface area contributed by atoms with E-state index in [0.29, 0.717) is 17.2 Å². The normalized spacial score (nSPS) is 9.75. The van der Waals surface area contributed by atoms with E-state index < -0.39 is 0 Å². The number of likely N-dealkylation sites (N-methyl/N-ethyl adjacent to an activating group) is 1. The van der Waals surface area contributed by atoms with Crippen LogP contribution in [-0.2, 0) is 4.74 Å². The van der Waals surface area contributed by atoms with E-state index in [1.165, 1.54) is 4.90 Å². The van der Waals surface area contributed by atoms with Gasteiger partial charge in [0.15, 0.2) is 0 Å². The molecule has 1 rings (SSSR count). The van der Waals surface area contributed by atoms with Crippen LogP contribution < -0.4 is 17.3 Å². The quantitative estimate of drug-likeness (QED) is 0.617. The van der Waals surface area contributed by atoms with Crippen LogP contribution in [0.2, 0.25) is 5.02 Å². The molecule has 0 aliphatic heterocycles. The van der Waals surface area contributed by atoms with Crippen LogP contribution in [0.25, 0.3) is 0 Å². The summed E-state index contributed by atoms with van der Waals surface area (Å²) in [6, 6.07) is 6.75. The van der Waals surface area contributed by atoms with Gasteiger partial charge in [-0.1, -0.05) is 17.7 Å². The fourth-order valence-electron chi connectivity index (χ4n) is 1.05. The molecule has 0 fully saturated rings. The Kier molecular flexibility index (Phi) is 7.13. The van der Waals surface area contributed by atoms with Gasteiger partial charge in [0.2, 0.25) is 0 Å². The maximum atomic E-state index is 11.5. The van der Waals surface area contributed by atoms with Crippen molar-refractivity contribution in [3.05, 3.63) is 34.9 Å². The topological polar surface area (TPSA) is 30.7 Å². The second-order valence-electron chi connectivity index (χ2n) is 3.60. The van der Waals surface area contributed by atoms with Crippen molar-refractivity contribution < 1.29 is 26.8 Å². The first-order valence-corrected chi connectivity index (χ1v) is 5.19. The van der Waals surface area contributed by atoms with Gasteiger partial charge < -0.3 is 22.0 Å². The Morgan fingerprint density at radius 3 is 2.69 bits per heavy atom. The highest BCUT2D eigenvalue weighted by Gasteiger charge is 2.07. The smallest absolute Gasteiger partial charge is 0.338 e. The maximum absolute atomic E-state index is 11.5. The number of hydrogen-bond acceptors (Lipinski definition) is 2. The average molecular weight is 264 g/mol. The number of rotatable bonds is 4. The van der Waals surface area contributed by atoms with E-state index in [2.05, 4.69) is 0 Å². The number of nitrogens with one attached hydrogen (secondary N) is 1. The molecule has 0 heterocycles. The lowest BCUT2D eigenvalue weighted by Gasteiger charge is -2.07.